The van der Waals surface area contributed by atoms with Crippen LogP contribution in [0.25, 0.3) is 0 Å². The molecule has 12 heavy (non-hydrogen) atoms. The molecule has 1 aromatic rings. The zero-order valence-corrected chi connectivity index (χ0v) is 7.50. The van der Waals surface area contributed by atoms with Gasteiger partial charge in [0.15, 0.2) is 0 Å². The van der Waals surface area contributed by atoms with Gasteiger partial charge in [0, 0.05) is 0 Å². The first-order valence-corrected chi connectivity index (χ1v) is 4.27. The third kappa shape index (κ3) is 1.52. The van der Waals surface area contributed by atoms with E-state index in [0.717, 1.165) is 24.0 Å². The van der Waals surface area contributed by atoms with Crippen LogP contribution in [0.5, 0.6) is 0 Å². The molecule has 64 valence electrons. The molecular weight excluding hydrogens is 150 g/mol. The monoisotopic (exact) mass is 163 g/mol. The molecule has 2 heteroatoms. The second-order valence-electron chi connectivity index (χ2n) is 2.72. The number of hydrogen-bond acceptors (Lipinski definition) is 2. The molecule has 0 amide bonds. The Morgan fingerprint density at radius 1 is 1.17 bits per heavy atom. The maximum absolute atomic E-state index is 10.5. The van der Waals surface area contributed by atoms with E-state index in [1.165, 1.54) is 0 Å². The summed E-state index contributed by atoms with van der Waals surface area (Å²) in [6.45, 7) is 4.06. The van der Waals surface area contributed by atoms with Crippen LogP contribution >= 0.6 is 0 Å². The predicted molar refractivity (Wildman–Crippen MR) is 50.7 cm³/mol. The highest BCUT2D eigenvalue weighted by Crippen LogP contribution is 2.24. The van der Waals surface area contributed by atoms with Crippen LogP contribution < -0.4 is 0 Å². The van der Waals surface area contributed by atoms with E-state index in [0.29, 0.717) is 5.69 Å². The maximum atomic E-state index is 10.5. The number of nitrogens with zero attached hydrogens (tertiary/aromatic N) is 1. The van der Waals surface area contributed by atoms with Crippen LogP contribution in [0.3, 0.4) is 0 Å². The predicted octanol–water partition coefficient (Wildman–Crippen LogP) is 3.21. The molecule has 0 aliphatic carbocycles. The molecule has 0 bridgehead atoms. The molecular formula is C10H13NO. The van der Waals surface area contributed by atoms with Crippen molar-refractivity contribution in [2.24, 2.45) is 5.18 Å². The summed E-state index contributed by atoms with van der Waals surface area (Å²) in [5.41, 5.74) is 2.73. The number of nitroso groups, excluding NO2 is 1. The van der Waals surface area contributed by atoms with Gasteiger partial charge in [-0.05, 0) is 29.1 Å². The minimum atomic E-state index is 0.641. The Kier molecular flexibility index (Phi) is 2.97. The van der Waals surface area contributed by atoms with Crippen molar-refractivity contribution in [3.8, 4) is 0 Å². The number of benzene rings is 1. The summed E-state index contributed by atoms with van der Waals surface area (Å²) in [7, 11) is 0. The summed E-state index contributed by atoms with van der Waals surface area (Å²) in [4.78, 5) is 10.5. The number of aryl methyl sites for hydroxylation is 2. The maximum Gasteiger partial charge on any atom is 0.114 e. The second-order valence-corrected chi connectivity index (χ2v) is 2.72. The largest absolute Gasteiger partial charge is 0.145 e. The Morgan fingerprint density at radius 3 is 2.00 bits per heavy atom. The molecule has 0 N–H and O–H groups in total. The molecule has 1 rings (SSSR count). The summed E-state index contributed by atoms with van der Waals surface area (Å²) in [6.07, 6.45) is 1.74. The Morgan fingerprint density at radius 2 is 1.67 bits per heavy atom. The van der Waals surface area contributed by atoms with Crippen LogP contribution in [-0.4, -0.2) is 0 Å². The van der Waals surface area contributed by atoms with Crippen molar-refractivity contribution < 1.29 is 0 Å². The molecule has 0 saturated carbocycles. The Bertz CT molecular complexity index is 259. The van der Waals surface area contributed by atoms with Gasteiger partial charge in [-0.1, -0.05) is 32.0 Å². The van der Waals surface area contributed by atoms with Crippen LogP contribution in [0.4, 0.5) is 5.69 Å². The molecule has 0 unspecified atom stereocenters. The average molecular weight is 163 g/mol. The first-order valence-electron chi connectivity index (χ1n) is 4.27. The van der Waals surface area contributed by atoms with Crippen LogP contribution in [0, 0.1) is 4.91 Å². The van der Waals surface area contributed by atoms with E-state index in [1.54, 1.807) is 0 Å². The summed E-state index contributed by atoms with van der Waals surface area (Å²) in [6, 6.07) is 5.89. The highest BCUT2D eigenvalue weighted by atomic mass is 16.3. The molecule has 0 atom stereocenters. The van der Waals surface area contributed by atoms with Crippen molar-refractivity contribution in [3.05, 3.63) is 34.2 Å². The lowest BCUT2D eigenvalue weighted by Gasteiger charge is -2.04. The van der Waals surface area contributed by atoms with E-state index in [9.17, 15) is 4.91 Å². The highest BCUT2D eigenvalue weighted by molar-refractivity contribution is 5.52. The van der Waals surface area contributed by atoms with E-state index >= 15 is 0 Å². The average Bonchev–Trinajstić information content (AvgIpc) is 2.16. The van der Waals surface area contributed by atoms with Crippen LogP contribution in [0.2, 0.25) is 0 Å². The lowest BCUT2D eigenvalue weighted by atomic mass is 10.0. The van der Waals surface area contributed by atoms with Crippen LogP contribution in [0.15, 0.2) is 23.4 Å². The van der Waals surface area contributed by atoms with E-state index in [2.05, 4.69) is 5.18 Å². The lowest BCUT2D eigenvalue weighted by Crippen LogP contribution is -1.86. The lowest BCUT2D eigenvalue weighted by molar-refractivity contribution is 1.08. The van der Waals surface area contributed by atoms with E-state index in [-0.39, 0.29) is 0 Å². The summed E-state index contributed by atoms with van der Waals surface area (Å²) < 4.78 is 0. The molecule has 0 saturated heterocycles. The summed E-state index contributed by atoms with van der Waals surface area (Å²) >= 11 is 0. The van der Waals surface area contributed by atoms with Gasteiger partial charge in [0.05, 0.1) is 0 Å². The fraction of sp³-hybridized carbons (Fsp3) is 0.400. The molecule has 0 radical (unpaired) electrons. The smallest absolute Gasteiger partial charge is 0.114 e. The van der Waals surface area contributed by atoms with Crippen molar-refractivity contribution in [2.45, 2.75) is 26.7 Å². The second kappa shape index (κ2) is 4.00. The van der Waals surface area contributed by atoms with Gasteiger partial charge in [-0.25, -0.2) is 0 Å². The van der Waals surface area contributed by atoms with Gasteiger partial charge in [0.25, 0.3) is 0 Å². The van der Waals surface area contributed by atoms with Gasteiger partial charge >= 0.3 is 0 Å². The Balaban J connectivity index is 3.21. The van der Waals surface area contributed by atoms with Crippen LogP contribution in [-0.2, 0) is 12.8 Å². The molecule has 0 aromatic heterocycles. The Hall–Kier alpha value is -1.18. The topological polar surface area (TPSA) is 29.4 Å². The third-order valence-electron chi connectivity index (χ3n) is 2.06. The van der Waals surface area contributed by atoms with Crippen molar-refractivity contribution >= 4 is 5.69 Å². The fourth-order valence-electron chi connectivity index (χ4n) is 1.33. The molecule has 0 aliphatic heterocycles. The van der Waals surface area contributed by atoms with E-state index < -0.39 is 0 Å². The number of hydrogen-bond donors (Lipinski definition) is 0. The molecule has 2 nitrogen and oxygen atoms in total. The van der Waals surface area contributed by atoms with E-state index in [1.807, 2.05) is 32.0 Å². The van der Waals surface area contributed by atoms with E-state index in [4.69, 9.17) is 0 Å². The molecule has 0 spiro atoms. The minimum absolute atomic E-state index is 0.641. The standard InChI is InChI=1S/C10H13NO/c1-3-8-6-5-7-9(4-2)10(8)11-12/h5-7H,3-4H2,1-2H3. The van der Waals surface area contributed by atoms with Crippen LogP contribution in [0.1, 0.15) is 25.0 Å². The quantitative estimate of drug-likeness (QED) is 0.629. The van der Waals surface area contributed by atoms with Gasteiger partial charge in [0.2, 0.25) is 0 Å². The fourth-order valence-corrected chi connectivity index (χ4v) is 1.33. The first-order chi connectivity index (χ1) is 5.83. The number of rotatable bonds is 3. The van der Waals surface area contributed by atoms with Crippen molar-refractivity contribution in [2.75, 3.05) is 0 Å². The molecule has 0 fully saturated rings. The third-order valence-corrected chi connectivity index (χ3v) is 2.06. The molecule has 0 heterocycles. The van der Waals surface area contributed by atoms with Gasteiger partial charge in [-0.15, -0.1) is 4.91 Å². The van der Waals surface area contributed by atoms with Gasteiger partial charge in [-0.3, -0.25) is 0 Å². The minimum Gasteiger partial charge on any atom is -0.145 e. The molecule has 0 aliphatic rings. The zero-order valence-electron chi connectivity index (χ0n) is 7.50. The summed E-state index contributed by atoms with van der Waals surface area (Å²) in [5.74, 6) is 0. The van der Waals surface area contributed by atoms with Gasteiger partial charge < -0.3 is 0 Å². The zero-order chi connectivity index (χ0) is 8.97. The molecule has 1 aromatic carbocycles. The van der Waals surface area contributed by atoms with Crippen molar-refractivity contribution in [1.29, 1.82) is 0 Å². The SMILES string of the molecule is CCc1cccc(CC)c1N=O. The Labute approximate surface area is 72.6 Å². The van der Waals surface area contributed by atoms with Gasteiger partial charge in [-0.2, -0.15) is 0 Å². The first kappa shape index (κ1) is 8.91. The summed E-state index contributed by atoms with van der Waals surface area (Å²) in [5, 5.41) is 3.06. The van der Waals surface area contributed by atoms with Gasteiger partial charge in [0.1, 0.15) is 5.69 Å². The van der Waals surface area contributed by atoms with Crippen molar-refractivity contribution in [3.63, 3.8) is 0 Å². The van der Waals surface area contributed by atoms with Crippen molar-refractivity contribution in [1.82, 2.24) is 0 Å². The normalized spacial score (nSPS) is 9.83. The highest BCUT2D eigenvalue weighted by Gasteiger charge is 2.04.